The first kappa shape index (κ1) is 19.7. The molecular weight excluding hydrogens is 312 g/mol. The van der Waals surface area contributed by atoms with E-state index in [1.54, 1.807) is 6.08 Å². The number of carboxylic acids is 2. The number of rotatable bonds is 5. The molecule has 0 unspecified atom stereocenters. The first-order valence-corrected chi connectivity index (χ1v) is 8.01. The summed E-state index contributed by atoms with van der Waals surface area (Å²) in [4.78, 5) is 30.9. The van der Waals surface area contributed by atoms with Crippen LogP contribution in [0.5, 0.6) is 0 Å². The van der Waals surface area contributed by atoms with Crippen LogP contribution < -0.4 is 0 Å². The summed E-state index contributed by atoms with van der Waals surface area (Å²) in [5, 5.41) is 16.6. The molecule has 0 atom stereocenters. The highest BCUT2D eigenvalue weighted by Crippen LogP contribution is 2.46. The second-order valence-corrected chi connectivity index (χ2v) is 5.73. The van der Waals surface area contributed by atoms with Gasteiger partial charge in [0, 0.05) is 11.1 Å². The number of carbonyl (C=O) groups is 3. The van der Waals surface area contributed by atoms with E-state index in [2.05, 4.69) is 6.58 Å². The van der Waals surface area contributed by atoms with Gasteiger partial charge in [0.2, 0.25) is 0 Å². The van der Waals surface area contributed by atoms with Crippen LogP contribution in [0.25, 0.3) is 0 Å². The van der Waals surface area contributed by atoms with E-state index in [1.165, 1.54) is 6.08 Å². The minimum atomic E-state index is -0.758. The van der Waals surface area contributed by atoms with Gasteiger partial charge in [-0.25, -0.2) is 9.59 Å². The average Bonchev–Trinajstić information content (AvgIpc) is 3.16. The normalized spacial score (nSPS) is 18.4. The van der Waals surface area contributed by atoms with Crippen LogP contribution in [-0.2, 0) is 19.1 Å². The van der Waals surface area contributed by atoms with Crippen LogP contribution in [0, 0.1) is 5.41 Å². The van der Waals surface area contributed by atoms with Crippen LogP contribution in [-0.4, -0.2) is 34.7 Å². The van der Waals surface area contributed by atoms with Gasteiger partial charge in [-0.1, -0.05) is 18.2 Å². The van der Waals surface area contributed by atoms with Crippen molar-refractivity contribution in [1.82, 2.24) is 0 Å². The van der Waals surface area contributed by atoms with E-state index in [0.717, 1.165) is 44.1 Å². The lowest BCUT2D eigenvalue weighted by Gasteiger charge is -2.11. The van der Waals surface area contributed by atoms with Crippen molar-refractivity contribution in [3.63, 3.8) is 0 Å². The predicted molar refractivity (Wildman–Crippen MR) is 88.4 cm³/mol. The zero-order valence-corrected chi connectivity index (χ0v) is 13.9. The summed E-state index contributed by atoms with van der Waals surface area (Å²) in [6.07, 6.45) is 10.4. The lowest BCUT2D eigenvalue weighted by Crippen LogP contribution is -2.11. The van der Waals surface area contributed by atoms with Crippen LogP contribution in [0.2, 0.25) is 0 Å². The third-order valence-corrected chi connectivity index (χ3v) is 4.03. The Morgan fingerprint density at radius 2 is 1.67 bits per heavy atom. The molecular formula is C18H24O6. The highest BCUT2D eigenvalue weighted by atomic mass is 16.5. The van der Waals surface area contributed by atoms with Crippen molar-refractivity contribution in [3.05, 3.63) is 36.0 Å². The molecule has 0 aromatic rings. The second kappa shape index (κ2) is 9.05. The Bertz CT molecular complexity index is 566. The van der Waals surface area contributed by atoms with Crippen molar-refractivity contribution in [2.24, 2.45) is 5.41 Å². The van der Waals surface area contributed by atoms with Gasteiger partial charge < -0.3 is 14.9 Å². The molecule has 0 aliphatic heterocycles. The van der Waals surface area contributed by atoms with Crippen molar-refractivity contribution in [2.45, 2.75) is 45.4 Å². The van der Waals surface area contributed by atoms with Crippen LogP contribution in [0.1, 0.15) is 45.4 Å². The predicted octanol–water partition coefficient (Wildman–Crippen LogP) is 3.10. The Kier molecular flexibility index (Phi) is 7.42. The highest BCUT2D eigenvalue weighted by Gasteiger charge is 2.47. The zero-order chi connectivity index (χ0) is 18.2. The monoisotopic (exact) mass is 336 g/mol. The number of ether oxygens (including phenoxy) is 1. The summed E-state index contributed by atoms with van der Waals surface area (Å²) in [7, 11) is 0. The highest BCUT2D eigenvalue weighted by molar-refractivity contribution is 5.89. The first-order valence-electron chi connectivity index (χ1n) is 8.01. The maximum Gasteiger partial charge on any atom is 0.333 e. The Labute approximate surface area is 141 Å². The van der Waals surface area contributed by atoms with E-state index in [9.17, 15) is 14.4 Å². The van der Waals surface area contributed by atoms with E-state index in [0.29, 0.717) is 12.2 Å². The summed E-state index contributed by atoms with van der Waals surface area (Å²) in [5.74, 6) is -1.62. The lowest BCUT2D eigenvalue weighted by atomic mass is 10.00. The fourth-order valence-electron chi connectivity index (χ4n) is 1.82. The summed E-state index contributed by atoms with van der Waals surface area (Å²) >= 11 is 0. The summed E-state index contributed by atoms with van der Waals surface area (Å²) in [6, 6.07) is 0. The largest absolute Gasteiger partial charge is 0.481 e. The van der Waals surface area contributed by atoms with Gasteiger partial charge in [0.05, 0.1) is 12.0 Å². The Morgan fingerprint density at radius 1 is 1.17 bits per heavy atom. The Morgan fingerprint density at radius 3 is 1.79 bits per heavy atom. The molecule has 0 saturated heterocycles. The molecule has 0 amide bonds. The van der Waals surface area contributed by atoms with Crippen LogP contribution >= 0.6 is 0 Å². The molecule has 1 fully saturated rings. The van der Waals surface area contributed by atoms with E-state index in [1.807, 2.05) is 13.0 Å². The topological polar surface area (TPSA) is 101 Å². The summed E-state index contributed by atoms with van der Waals surface area (Å²) in [6.45, 7) is 5.73. The lowest BCUT2D eigenvalue weighted by molar-refractivity contribution is -0.141. The number of aliphatic carboxylic acids is 2. The van der Waals surface area contributed by atoms with Gasteiger partial charge in [0.15, 0.2) is 0 Å². The molecule has 3 aliphatic carbocycles. The maximum absolute atomic E-state index is 10.7. The molecule has 6 heteroatoms. The molecule has 0 aromatic heterocycles. The van der Waals surface area contributed by atoms with Gasteiger partial charge in [0.1, 0.15) is 0 Å². The number of esters is 1. The first-order chi connectivity index (χ1) is 11.4. The molecule has 0 radical (unpaired) electrons. The van der Waals surface area contributed by atoms with Crippen molar-refractivity contribution in [3.8, 4) is 0 Å². The molecule has 0 bridgehead atoms. The van der Waals surface area contributed by atoms with Gasteiger partial charge in [-0.3, -0.25) is 4.79 Å². The van der Waals surface area contributed by atoms with Gasteiger partial charge in [-0.2, -0.15) is 0 Å². The quantitative estimate of drug-likeness (QED) is 0.591. The molecule has 6 nitrogen and oxygen atoms in total. The third-order valence-electron chi connectivity index (χ3n) is 4.03. The number of allylic oxidation sites excluding steroid dienone is 2. The van der Waals surface area contributed by atoms with E-state index >= 15 is 0 Å². The molecule has 3 aliphatic rings. The molecule has 0 aromatic carbocycles. The Balaban J connectivity index is 0.000000181. The van der Waals surface area contributed by atoms with E-state index in [4.69, 9.17) is 14.9 Å². The molecule has 0 spiro atoms. The SMILES string of the molecule is C=CC1(C(=O)O)CC1.CCOC(=O)C1=CCC1.O=C(O)C1=CCC1. The van der Waals surface area contributed by atoms with Crippen molar-refractivity contribution < 1.29 is 29.3 Å². The van der Waals surface area contributed by atoms with E-state index in [-0.39, 0.29) is 5.97 Å². The number of carbonyl (C=O) groups excluding carboxylic acids is 1. The number of hydrogen-bond acceptors (Lipinski definition) is 4. The van der Waals surface area contributed by atoms with Gasteiger partial charge in [0.25, 0.3) is 0 Å². The molecule has 24 heavy (non-hydrogen) atoms. The van der Waals surface area contributed by atoms with Crippen LogP contribution in [0.15, 0.2) is 36.0 Å². The standard InChI is InChI=1S/C7H10O2.C6H8O2.C5H6O2/c1-2-9-7(8)6-4-3-5-6;1-2-6(3-4-6)5(7)8;6-5(7)4-2-1-3-4/h4H,2-3,5H2,1H3;2H,1,3-4H2,(H,7,8);2H,1,3H2,(H,6,7). The van der Waals surface area contributed by atoms with Gasteiger partial charge >= 0.3 is 17.9 Å². The minimum Gasteiger partial charge on any atom is -0.481 e. The van der Waals surface area contributed by atoms with E-state index < -0.39 is 17.4 Å². The van der Waals surface area contributed by atoms with Gasteiger partial charge in [-0.15, -0.1) is 6.58 Å². The minimum absolute atomic E-state index is 0.135. The van der Waals surface area contributed by atoms with Crippen molar-refractivity contribution >= 4 is 17.9 Å². The molecule has 0 heterocycles. The zero-order valence-electron chi connectivity index (χ0n) is 13.9. The summed E-state index contributed by atoms with van der Waals surface area (Å²) < 4.78 is 4.74. The Hall–Kier alpha value is -2.37. The maximum atomic E-state index is 10.7. The smallest absolute Gasteiger partial charge is 0.333 e. The van der Waals surface area contributed by atoms with Crippen molar-refractivity contribution in [1.29, 1.82) is 0 Å². The average molecular weight is 336 g/mol. The van der Waals surface area contributed by atoms with Crippen LogP contribution in [0.3, 0.4) is 0 Å². The van der Waals surface area contributed by atoms with Gasteiger partial charge in [-0.05, 0) is 45.4 Å². The van der Waals surface area contributed by atoms with Crippen molar-refractivity contribution in [2.75, 3.05) is 6.61 Å². The molecule has 2 N–H and O–H groups in total. The second-order valence-electron chi connectivity index (χ2n) is 5.73. The molecule has 3 rings (SSSR count). The van der Waals surface area contributed by atoms with Crippen LogP contribution in [0.4, 0.5) is 0 Å². The number of hydrogen-bond donors (Lipinski definition) is 2. The third kappa shape index (κ3) is 5.68. The molecule has 1 saturated carbocycles. The fraction of sp³-hybridized carbons (Fsp3) is 0.500. The number of carboxylic acid groups (broad SMARTS) is 2. The molecule has 132 valence electrons. The summed E-state index contributed by atoms with van der Waals surface area (Å²) in [5.41, 5.74) is 0.886. The fourth-order valence-corrected chi connectivity index (χ4v) is 1.82.